The molecule has 1 aliphatic rings. The molecule has 6 rings (SSSR count). The van der Waals surface area contributed by atoms with Crippen LogP contribution in [-0.2, 0) is 7.05 Å². The maximum atomic E-state index is 2.27. The van der Waals surface area contributed by atoms with Crippen LogP contribution in [0.5, 0.6) is 0 Å². The molecule has 4 aromatic carbocycles. The Hall–Kier alpha value is -4.30. The van der Waals surface area contributed by atoms with Gasteiger partial charge in [0.15, 0.2) is 0 Å². The highest BCUT2D eigenvalue weighted by atomic mass is 14.9. The van der Waals surface area contributed by atoms with E-state index in [0.717, 1.165) is 0 Å². The van der Waals surface area contributed by atoms with Gasteiger partial charge in [0.25, 0.3) is 0 Å². The third kappa shape index (κ3) is 3.88. The van der Waals surface area contributed by atoms with Crippen molar-refractivity contribution in [2.75, 3.05) is 0 Å². The third-order valence-electron chi connectivity index (χ3n) is 6.85. The first-order valence-corrected chi connectivity index (χ1v) is 12.1. The third-order valence-corrected chi connectivity index (χ3v) is 6.85. The highest BCUT2D eigenvalue weighted by Crippen LogP contribution is 2.50. The Balaban J connectivity index is 1.77. The number of aryl methyl sites for hydroxylation is 1. The average Bonchev–Trinajstić information content (AvgIpc) is 3.52. The second kappa shape index (κ2) is 9.16. The topological polar surface area (TPSA) is 4.93 Å². The van der Waals surface area contributed by atoms with E-state index in [1.807, 2.05) is 0 Å². The zero-order valence-corrected chi connectivity index (χ0v) is 19.8. The number of aromatic nitrogens is 1. The lowest BCUT2D eigenvalue weighted by atomic mass is 9.35. The Labute approximate surface area is 207 Å². The fraction of sp³-hybridized carbons (Fsp3) is 0.0303. The van der Waals surface area contributed by atoms with Crippen molar-refractivity contribution in [3.05, 3.63) is 162 Å². The monoisotopic (exact) mass is 447 g/mol. The molecule has 0 aliphatic carbocycles. The maximum Gasteiger partial charge on any atom is 0.246 e. The number of hydrogen-bond acceptors (Lipinski definition) is 0. The molecule has 166 valence electrons. The highest BCUT2D eigenvalue weighted by Gasteiger charge is 2.40. The Morgan fingerprint density at radius 1 is 0.457 bits per heavy atom. The summed E-state index contributed by atoms with van der Waals surface area (Å²) in [7, 11) is 2.10. The van der Waals surface area contributed by atoms with Crippen LogP contribution in [0.2, 0.25) is 0 Å². The van der Waals surface area contributed by atoms with Crippen molar-refractivity contribution >= 4 is 34.3 Å². The number of allylic oxidation sites excluding steroid dienone is 2. The first-order chi connectivity index (χ1) is 17.3. The van der Waals surface area contributed by atoms with Gasteiger partial charge in [0.1, 0.15) is 0 Å². The zero-order chi connectivity index (χ0) is 23.6. The fourth-order valence-corrected chi connectivity index (χ4v) is 5.40. The van der Waals surface area contributed by atoms with Crippen molar-refractivity contribution in [1.82, 2.24) is 4.57 Å². The predicted octanol–water partition coefficient (Wildman–Crippen LogP) is 7.04. The van der Waals surface area contributed by atoms with Crippen molar-refractivity contribution < 1.29 is 0 Å². The SMILES string of the molecule is Cn1ccc(B2C(c3ccccc3)=C(c3ccccc3)C(c3ccccc3)=C2c2ccccc2)c1. The van der Waals surface area contributed by atoms with E-state index in [2.05, 4.69) is 151 Å². The van der Waals surface area contributed by atoms with Crippen LogP contribution in [0.25, 0.3) is 22.1 Å². The van der Waals surface area contributed by atoms with Gasteiger partial charge in [-0.25, -0.2) is 0 Å². The summed E-state index contributed by atoms with van der Waals surface area (Å²) >= 11 is 0. The fourth-order valence-electron chi connectivity index (χ4n) is 5.40. The first kappa shape index (κ1) is 21.3. The Morgan fingerprint density at radius 2 is 0.829 bits per heavy atom. The molecule has 0 N–H and O–H groups in total. The van der Waals surface area contributed by atoms with E-state index in [1.54, 1.807) is 0 Å². The Bertz CT molecular complexity index is 1410. The number of benzene rings is 4. The van der Waals surface area contributed by atoms with Gasteiger partial charge >= 0.3 is 0 Å². The lowest BCUT2D eigenvalue weighted by Crippen LogP contribution is -2.31. The molecule has 0 radical (unpaired) electrons. The molecule has 2 heteroatoms. The van der Waals surface area contributed by atoms with Crippen LogP contribution < -0.4 is 5.46 Å². The molecule has 35 heavy (non-hydrogen) atoms. The van der Waals surface area contributed by atoms with E-state index in [-0.39, 0.29) is 6.71 Å². The number of hydrogen-bond donors (Lipinski definition) is 0. The van der Waals surface area contributed by atoms with Gasteiger partial charge in [-0.3, -0.25) is 0 Å². The molecular formula is C33H26BN. The van der Waals surface area contributed by atoms with Gasteiger partial charge in [-0.1, -0.05) is 138 Å². The van der Waals surface area contributed by atoms with Crippen LogP contribution in [0, 0.1) is 0 Å². The number of rotatable bonds is 5. The van der Waals surface area contributed by atoms with Gasteiger partial charge in [0, 0.05) is 13.2 Å². The second-order valence-electron chi connectivity index (χ2n) is 9.08. The molecule has 2 heterocycles. The number of nitrogens with zero attached hydrogens (tertiary/aromatic N) is 1. The minimum absolute atomic E-state index is 0.117. The molecule has 1 aliphatic heterocycles. The summed E-state index contributed by atoms with van der Waals surface area (Å²) in [5.74, 6) is 0. The van der Waals surface area contributed by atoms with Crippen LogP contribution in [0.1, 0.15) is 22.3 Å². The normalized spacial score (nSPS) is 13.6. The molecule has 0 saturated heterocycles. The van der Waals surface area contributed by atoms with Gasteiger partial charge < -0.3 is 4.57 Å². The molecule has 0 amide bonds. The van der Waals surface area contributed by atoms with Gasteiger partial charge in [0.05, 0.1) is 0 Å². The summed E-state index contributed by atoms with van der Waals surface area (Å²) in [5, 5.41) is 0. The van der Waals surface area contributed by atoms with Gasteiger partial charge in [-0.05, 0) is 45.7 Å². The van der Waals surface area contributed by atoms with Crippen molar-refractivity contribution in [2.24, 2.45) is 7.05 Å². The molecule has 1 nitrogen and oxygen atoms in total. The predicted molar refractivity (Wildman–Crippen MR) is 150 cm³/mol. The van der Waals surface area contributed by atoms with E-state index in [4.69, 9.17) is 0 Å². The van der Waals surface area contributed by atoms with Gasteiger partial charge in [0.2, 0.25) is 6.71 Å². The summed E-state index contributed by atoms with van der Waals surface area (Å²) < 4.78 is 2.16. The molecule has 0 atom stereocenters. The van der Waals surface area contributed by atoms with Gasteiger partial charge in [-0.15, -0.1) is 0 Å². The van der Waals surface area contributed by atoms with Crippen molar-refractivity contribution in [3.63, 3.8) is 0 Å². The van der Waals surface area contributed by atoms with Crippen LogP contribution in [0.4, 0.5) is 0 Å². The maximum absolute atomic E-state index is 2.27. The molecular weight excluding hydrogens is 421 g/mol. The van der Waals surface area contributed by atoms with E-state index in [9.17, 15) is 0 Å². The standard InChI is InChI=1S/C33H26BN/c1-35-23-22-29(24-35)34-32(27-18-10-4-11-19-27)30(25-14-6-2-7-15-25)31(26-16-8-3-9-17-26)33(34)28-20-12-5-13-21-28/h2-24H,1H3. The minimum Gasteiger partial charge on any atom is -0.358 e. The average molecular weight is 447 g/mol. The van der Waals surface area contributed by atoms with E-state index in [0.29, 0.717) is 0 Å². The lowest BCUT2D eigenvalue weighted by molar-refractivity contribution is 0.930. The highest BCUT2D eigenvalue weighted by molar-refractivity contribution is 7.08. The Kier molecular flexibility index (Phi) is 5.56. The summed E-state index contributed by atoms with van der Waals surface area (Å²) in [6, 6.07) is 45.8. The lowest BCUT2D eigenvalue weighted by Gasteiger charge is -2.17. The minimum atomic E-state index is 0.117. The molecule has 5 aromatic rings. The van der Waals surface area contributed by atoms with Crippen molar-refractivity contribution in [1.29, 1.82) is 0 Å². The van der Waals surface area contributed by atoms with Crippen LogP contribution in [0.3, 0.4) is 0 Å². The van der Waals surface area contributed by atoms with Gasteiger partial charge in [-0.2, -0.15) is 0 Å². The summed E-state index contributed by atoms with van der Waals surface area (Å²) in [6.07, 6.45) is 4.43. The molecule has 0 fully saturated rings. The molecule has 0 bridgehead atoms. The molecule has 0 spiro atoms. The molecule has 0 unspecified atom stereocenters. The second-order valence-corrected chi connectivity index (χ2v) is 9.08. The zero-order valence-electron chi connectivity index (χ0n) is 19.8. The van der Waals surface area contributed by atoms with E-state index in [1.165, 1.54) is 49.8 Å². The summed E-state index contributed by atoms with van der Waals surface area (Å²) in [6.45, 7) is 0.117. The van der Waals surface area contributed by atoms with E-state index >= 15 is 0 Å². The molecule has 0 saturated carbocycles. The van der Waals surface area contributed by atoms with Crippen LogP contribution in [0.15, 0.2) is 140 Å². The van der Waals surface area contributed by atoms with Crippen molar-refractivity contribution in [3.8, 4) is 0 Å². The smallest absolute Gasteiger partial charge is 0.246 e. The quantitative estimate of drug-likeness (QED) is 0.255. The summed E-state index contributed by atoms with van der Waals surface area (Å²) in [4.78, 5) is 0. The summed E-state index contributed by atoms with van der Waals surface area (Å²) in [5.41, 5.74) is 11.7. The first-order valence-electron chi connectivity index (χ1n) is 12.1. The molecule has 1 aromatic heterocycles. The largest absolute Gasteiger partial charge is 0.358 e. The van der Waals surface area contributed by atoms with Crippen LogP contribution >= 0.6 is 0 Å². The van der Waals surface area contributed by atoms with Crippen LogP contribution in [-0.4, -0.2) is 11.3 Å². The Morgan fingerprint density at radius 3 is 1.17 bits per heavy atom. The van der Waals surface area contributed by atoms with Crippen molar-refractivity contribution in [2.45, 2.75) is 0 Å². The van der Waals surface area contributed by atoms with E-state index < -0.39 is 0 Å².